The van der Waals surface area contributed by atoms with E-state index >= 15 is 0 Å². The molecular formula is C26H21BrFN3O3. The van der Waals surface area contributed by atoms with E-state index in [4.69, 9.17) is 14.2 Å². The number of ether oxygens (including phenoxy) is 3. The van der Waals surface area contributed by atoms with E-state index in [0.29, 0.717) is 35.3 Å². The molecule has 0 aliphatic rings. The Morgan fingerprint density at radius 3 is 2.59 bits per heavy atom. The van der Waals surface area contributed by atoms with E-state index in [1.54, 1.807) is 37.5 Å². The SMILES string of the molecule is CCOc1cc(/C=C(/C#N)c2nc3ccc(OC)cc3[nH]2)c(Br)cc1OCc1ccc(F)cc1. The zero-order chi connectivity index (χ0) is 24.1. The van der Waals surface area contributed by atoms with Crippen molar-refractivity contribution in [2.24, 2.45) is 0 Å². The van der Waals surface area contributed by atoms with Crippen molar-refractivity contribution in [1.29, 1.82) is 5.26 Å². The third kappa shape index (κ3) is 5.21. The minimum Gasteiger partial charge on any atom is -0.497 e. The molecule has 1 N–H and O–H groups in total. The Kier molecular flexibility index (Phi) is 7.14. The third-order valence-electron chi connectivity index (χ3n) is 5.03. The van der Waals surface area contributed by atoms with Crippen molar-refractivity contribution >= 4 is 38.6 Å². The van der Waals surface area contributed by atoms with Gasteiger partial charge in [-0.1, -0.05) is 28.1 Å². The number of aromatic amines is 1. The van der Waals surface area contributed by atoms with Crippen molar-refractivity contribution in [2.75, 3.05) is 13.7 Å². The largest absolute Gasteiger partial charge is 0.497 e. The summed E-state index contributed by atoms with van der Waals surface area (Å²) < 4.78 is 30.8. The van der Waals surface area contributed by atoms with Crippen LogP contribution in [0.5, 0.6) is 17.2 Å². The van der Waals surface area contributed by atoms with Crippen molar-refractivity contribution in [3.8, 4) is 23.3 Å². The molecule has 0 spiro atoms. The van der Waals surface area contributed by atoms with Gasteiger partial charge in [-0.05, 0) is 60.5 Å². The molecule has 34 heavy (non-hydrogen) atoms. The van der Waals surface area contributed by atoms with Crippen LogP contribution in [0.2, 0.25) is 0 Å². The minimum atomic E-state index is -0.297. The fraction of sp³-hybridized carbons (Fsp3) is 0.154. The van der Waals surface area contributed by atoms with Gasteiger partial charge in [-0.2, -0.15) is 5.26 Å². The molecule has 3 aromatic carbocycles. The maximum atomic E-state index is 13.2. The quantitative estimate of drug-likeness (QED) is 0.267. The first-order valence-electron chi connectivity index (χ1n) is 10.5. The van der Waals surface area contributed by atoms with Gasteiger partial charge >= 0.3 is 0 Å². The standard InChI is InChI=1S/C26H21BrFN3O3/c1-3-33-24-11-17(21(27)13-25(24)34-15-16-4-6-19(28)7-5-16)10-18(14-29)26-30-22-9-8-20(32-2)12-23(22)31-26/h4-13H,3,15H2,1-2H3,(H,30,31)/b18-10-. The average molecular weight is 522 g/mol. The average Bonchev–Trinajstić information content (AvgIpc) is 3.27. The van der Waals surface area contributed by atoms with Crippen molar-refractivity contribution in [2.45, 2.75) is 13.5 Å². The molecule has 0 saturated heterocycles. The van der Waals surface area contributed by atoms with E-state index in [2.05, 4.69) is 32.0 Å². The number of fused-ring (bicyclic) bond motifs is 1. The summed E-state index contributed by atoms with van der Waals surface area (Å²) in [5.74, 6) is 1.92. The number of nitrogens with one attached hydrogen (secondary N) is 1. The highest BCUT2D eigenvalue weighted by molar-refractivity contribution is 9.10. The molecule has 172 valence electrons. The number of nitriles is 1. The van der Waals surface area contributed by atoms with Gasteiger partial charge in [0.05, 0.1) is 30.3 Å². The van der Waals surface area contributed by atoms with Crippen LogP contribution in [0.3, 0.4) is 0 Å². The van der Waals surface area contributed by atoms with E-state index in [1.165, 1.54) is 12.1 Å². The van der Waals surface area contributed by atoms with E-state index in [-0.39, 0.29) is 12.4 Å². The molecule has 0 bridgehead atoms. The number of allylic oxidation sites excluding steroid dienone is 1. The number of nitrogens with zero attached hydrogens (tertiary/aromatic N) is 2. The van der Waals surface area contributed by atoms with Crippen LogP contribution in [-0.2, 0) is 6.61 Å². The molecule has 8 heteroatoms. The second kappa shape index (κ2) is 10.4. The summed E-state index contributed by atoms with van der Waals surface area (Å²) in [6, 6.07) is 17.4. The molecule has 1 aromatic heterocycles. The number of rotatable bonds is 8. The second-order valence-corrected chi connectivity index (χ2v) is 8.16. The predicted octanol–water partition coefficient (Wildman–Crippen LogP) is 6.51. The first-order valence-corrected chi connectivity index (χ1v) is 11.3. The number of aromatic nitrogens is 2. The summed E-state index contributed by atoms with van der Waals surface area (Å²) in [6.45, 7) is 2.58. The summed E-state index contributed by atoms with van der Waals surface area (Å²) in [7, 11) is 1.60. The number of imidazole rings is 1. The second-order valence-electron chi connectivity index (χ2n) is 7.31. The number of halogens is 2. The van der Waals surface area contributed by atoms with Crippen LogP contribution in [0.25, 0.3) is 22.7 Å². The topological polar surface area (TPSA) is 80.2 Å². The lowest BCUT2D eigenvalue weighted by Gasteiger charge is -2.14. The van der Waals surface area contributed by atoms with Gasteiger partial charge in [0.15, 0.2) is 11.5 Å². The Labute approximate surface area is 204 Å². The van der Waals surface area contributed by atoms with Gasteiger partial charge in [-0.15, -0.1) is 0 Å². The number of H-pyrrole nitrogens is 1. The lowest BCUT2D eigenvalue weighted by atomic mass is 10.1. The molecule has 0 fully saturated rings. The Morgan fingerprint density at radius 2 is 1.88 bits per heavy atom. The smallest absolute Gasteiger partial charge is 0.162 e. The van der Waals surface area contributed by atoms with Crippen molar-refractivity contribution in [3.63, 3.8) is 0 Å². The van der Waals surface area contributed by atoms with Crippen LogP contribution in [0.15, 0.2) is 59.1 Å². The molecule has 4 aromatic rings. The molecule has 0 aliphatic heterocycles. The fourth-order valence-electron chi connectivity index (χ4n) is 3.34. The van der Waals surface area contributed by atoms with E-state index in [0.717, 1.165) is 26.6 Å². The highest BCUT2D eigenvalue weighted by Crippen LogP contribution is 2.36. The lowest BCUT2D eigenvalue weighted by molar-refractivity contribution is 0.269. The maximum absolute atomic E-state index is 13.2. The highest BCUT2D eigenvalue weighted by Gasteiger charge is 2.14. The molecule has 0 unspecified atom stereocenters. The third-order valence-corrected chi connectivity index (χ3v) is 5.72. The van der Waals surface area contributed by atoms with E-state index < -0.39 is 0 Å². The molecule has 0 saturated carbocycles. The zero-order valence-electron chi connectivity index (χ0n) is 18.6. The molecule has 1 heterocycles. The van der Waals surface area contributed by atoms with Gasteiger partial charge in [0.2, 0.25) is 0 Å². The van der Waals surface area contributed by atoms with Crippen LogP contribution >= 0.6 is 15.9 Å². The van der Waals surface area contributed by atoms with E-state index in [9.17, 15) is 9.65 Å². The summed E-state index contributed by atoms with van der Waals surface area (Å²) in [5, 5.41) is 9.81. The van der Waals surface area contributed by atoms with Gasteiger partial charge in [0.25, 0.3) is 0 Å². The first kappa shape index (κ1) is 23.3. The van der Waals surface area contributed by atoms with Crippen molar-refractivity contribution in [3.05, 3.63) is 81.8 Å². The Hall–Kier alpha value is -3.83. The van der Waals surface area contributed by atoms with Crippen LogP contribution in [0.4, 0.5) is 4.39 Å². The van der Waals surface area contributed by atoms with Crippen LogP contribution < -0.4 is 14.2 Å². The predicted molar refractivity (Wildman–Crippen MR) is 132 cm³/mol. The number of hydrogen-bond donors (Lipinski definition) is 1. The Morgan fingerprint density at radius 1 is 1.12 bits per heavy atom. The van der Waals surface area contributed by atoms with E-state index in [1.807, 2.05) is 25.1 Å². The van der Waals surface area contributed by atoms with Crippen LogP contribution in [0, 0.1) is 17.1 Å². The zero-order valence-corrected chi connectivity index (χ0v) is 20.1. The van der Waals surface area contributed by atoms with Crippen LogP contribution in [0.1, 0.15) is 23.9 Å². The molecule has 0 aliphatic carbocycles. The summed E-state index contributed by atoms with van der Waals surface area (Å²) >= 11 is 3.57. The number of hydrogen-bond acceptors (Lipinski definition) is 5. The van der Waals surface area contributed by atoms with Gasteiger partial charge in [0.1, 0.15) is 30.1 Å². The molecule has 0 radical (unpaired) electrons. The van der Waals surface area contributed by atoms with Crippen LogP contribution in [-0.4, -0.2) is 23.7 Å². The van der Waals surface area contributed by atoms with Gasteiger partial charge < -0.3 is 19.2 Å². The van der Waals surface area contributed by atoms with Crippen molar-refractivity contribution in [1.82, 2.24) is 9.97 Å². The fourth-order valence-corrected chi connectivity index (χ4v) is 3.77. The number of methoxy groups -OCH3 is 1. The van der Waals surface area contributed by atoms with Gasteiger partial charge in [0, 0.05) is 10.5 Å². The molecule has 0 atom stereocenters. The summed E-state index contributed by atoms with van der Waals surface area (Å²) in [4.78, 5) is 7.71. The lowest BCUT2D eigenvalue weighted by Crippen LogP contribution is -2.00. The first-order chi connectivity index (χ1) is 16.5. The van der Waals surface area contributed by atoms with Gasteiger partial charge in [-0.3, -0.25) is 0 Å². The Balaban J connectivity index is 1.65. The molecule has 6 nitrogen and oxygen atoms in total. The maximum Gasteiger partial charge on any atom is 0.162 e. The summed E-state index contributed by atoms with van der Waals surface area (Å²) in [6.07, 6.45) is 1.73. The summed E-state index contributed by atoms with van der Waals surface area (Å²) in [5.41, 5.74) is 3.42. The number of benzene rings is 3. The molecule has 0 amide bonds. The van der Waals surface area contributed by atoms with Gasteiger partial charge in [-0.25, -0.2) is 9.37 Å². The highest BCUT2D eigenvalue weighted by atomic mass is 79.9. The van der Waals surface area contributed by atoms with Crippen molar-refractivity contribution < 1.29 is 18.6 Å². The molecular weight excluding hydrogens is 501 g/mol. The normalized spacial score (nSPS) is 11.3. The monoisotopic (exact) mass is 521 g/mol. The molecule has 4 rings (SSSR count). The minimum absolute atomic E-state index is 0.258. The Bertz CT molecular complexity index is 1390.